The van der Waals surface area contributed by atoms with Crippen molar-refractivity contribution in [3.05, 3.63) is 40.3 Å². The predicted molar refractivity (Wildman–Crippen MR) is 108 cm³/mol. The number of hydrogen-bond donors (Lipinski definition) is 0. The van der Waals surface area contributed by atoms with Gasteiger partial charge in [0, 0.05) is 32.7 Å². The van der Waals surface area contributed by atoms with E-state index in [1.165, 1.54) is 22.2 Å². The third-order valence-corrected chi connectivity index (χ3v) is 7.26. The molecule has 1 aliphatic heterocycles. The lowest BCUT2D eigenvalue weighted by atomic mass is 9.97. The van der Waals surface area contributed by atoms with Gasteiger partial charge in [0.15, 0.2) is 0 Å². The summed E-state index contributed by atoms with van der Waals surface area (Å²) in [6, 6.07) is 3.45. The average Bonchev–Trinajstić information content (AvgIpc) is 3.07. The maximum Gasteiger partial charge on any atom is 0.345 e. The minimum Gasteiger partial charge on any atom is -0.495 e. The summed E-state index contributed by atoms with van der Waals surface area (Å²) < 4.78 is 54.3. The van der Waals surface area contributed by atoms with Gasteiger partial charge in [-0.25, -0.2) is 22.3 Å². The van der Waals surface area contributed by atoms with Gasteiger partial charge in [-0.15, -0.1) is 0 Å². The third-order valence-electron chi connectivity index (χ3n) is 5.34. The number of benzene rings is 1. The average molecular weight is 443 g/mol. The first-order valence-corrected chi connectivity index (χ1v) is 11.3. The van der Waals surface area contributed by atoms with Crippen LogP contribution < -0.4 is 10.4 Å². The van der Waals surface area contributed by atoms with Crippen LogP contribution in [-0.2, 0) is 27.8 Å². The summed E-state index contributed by atoms with van der Waals surface area (Å²) in [6.45, 7) is 3.60. The Balaban J connectivity index is 1.80. The number of ether oxygens (including phenoxy) is 2. The monoisotopic (exact) mass is 442 g/mol. The molecule has 30 heavy (non-hydrogen) atoms. The largest absolute Gasteiger partial charge is 0.495 e. The number of halogens is 1. The van der Waals surface area contributed by atoms with Crippen LogP contribution in [0.4, 0.5) is 4.39 Å². The molecule has 2 aromatic rings. The van der Waals surface area contributed by atoms with Crippen LogP contribution >= 0.6 is 0 Å². The molecule has 11 heteroatoms. The highest BCUT2D eigenvalue weighted by Crippen LogP contribution is 2.32. The molecule has 0 saturated carbocycles. The van der Waals surface area contributed by atoms with Gasteiger partial charge in [-0.05, 0) is 38.0 Å². The quantitative estimate of drug-likeness (QED) is 0.614. The van der Waals surface area contributed by atoms with Crippen molar-refractivity contribution in [3.8, 4) is 5.75 Å². The Morgan fingerprint density at radius 2 is 1.93 bits per heavy atom. The number of nitrogens with zero attached hydrogens (tertiary/aromatic N) is 4. The van der Waals surface area contributed by atoms with Crippen LogP contribution in [0.3, 0.4) is 0 Å². The first-order valence-electron chi connectivity index (χ1n) is 9.83. The zero-order valence-electron chi connectivity index (χ0n) is 17.4. The molecule has 0 spiro atoms. The fraction of sp³-hybridized carbons (Fsp3) is 0.579. The smallest absolute Gasteiger partial charge is 0.345 e. The summed E-state index contributed by atoms with van der Waals surface area (Å²) >= 11 is 0. The lowest BCUT2D eigenvalue weighted by Gasteiger charge is -2.31. The van der Waals surface area contributed by atoms with Crippen LogP contribution in [0.5, 0.6) is 5.75 Å². The maximum atomic E-state index is 13.7. The van der Waals surface area contributed by atoms with Crippen molar-refractivity contribution in [1.29, 1.82) is 0 Å². The van der Waals surface area contributed by atoms with Crippen LogP contribution in [0.25, 0.3) is 0 Å². The molecule has 0 aliphatic carbocycles. The summed E-state index contributed by atoms with van der Waals surface area (Å²) in [7, 11) is -0.994. The number of aromatic nitrogens is 3. The lowest BCUT2D eigenvalue weighted by molar-refractivity contribution is 0.182. The SMILES string of the molecule is CCn1c(C2CCN(S(=O)(=O)c3cc(F)ccc3OC)CC2)nn(CCOC)c1=O. The van der Waals surface area contributed by atoms with Crippen LogP contribution in [0.1, 0.15) is 31.5 Å². The van der Waals surface area contributed by atoms with Gasteiger partial charge >= 0.3 is 5.69 Å². The van der Waals surface area contributed by atoms with E-state index in [4.69, 9.17) is 9.47 Å². The lowest BCUT2D eigenvalue weighted by Crippen LogP contribution is -2.38. The molecular weight excluding hydrogens is 415 g/mol. The Kier molecular flexibility index (Phi) is 6.94. The highest BCUT2D eigenvalue weighted by molar-refractivity contribution is 7.89. The van der Waals surface area contributed by atoms with Crippen molar-refractivity contribution in [2.75, 3.05) is 33.9 Å². The molecular formula is C19H27FN4O5S. The standard InChI is InChI=1S/C19H27FN4O5S/c1-4-23-18(21-24(19(23)25)11-12-28-2)14-7-9-22(10-8-14)30(26,27)17-13-15(20)5-6-16(17)29-3/h5-6,13-14H,4,7-12H2,1-3H3. The van der Waals surface area contributed by atoms with Crippen molar-refractivity contribution in [2.45, 2.75) is 43.7 Å². The van der Waals surface area contributed by atoms with Crippen molar-refractivity contribution in [2.24, 2.45) is 0 Å². The number of methoxy groups -OCH3 is 2. The fourth-order valence-corrected chi connectivity index (χ4v) is 5.36. The van der Waals surface area contributed by atoms with Gasteiger partial charge in [0.05, 0.1) is 20.3 Å². The van der Waals surface area contributed by atoms with Crippen LogP contribution in [0.15, 0.2) is 27.9 Å². The summed E-state index contributed by atoms with van der Waals surface area (Å²) in [6.07, 6.45) is 1.02. The Morgan fingerprint density at radius 3 is 2.53 bits per heavy atom. The second-order valence-electron chi connectivity index (χ2n) is 7.07. The molecule has 0 atom stereocenters. The summed E-state index contributed by atoms with van der Waals surface area (Å²) in [5, 5.41) is 4.48. The summed E-state index contributed by atoms with van der Waals surface area (Å²) in [4.78, 5) is 12.3. The van der Waals surface area contributed by atoms with Gasteiger partial charge < -0.3 is 9.47 Å². The fourth-order valence-electron chi connectivity index (χ4n) is 3.73. The van der Waals surface area contributed by atoms with Crippen molar-refractivity contribution in [1.82, 2.24) is 18.7 Å². The van der Waals surface area contributed by atoms with Gasteiger partial charge in [-0.1, -0.05) is 0 Å². The van der Waals surface area contributed by atoms with E-state index in [0.717, 1.165) is 12.1 Å². The zero-order chi connectivity index (χ0) is 21.9. The van der Waals surface area contributed by atoms with E-state index in [1.807, 2.05) is 6.92 Å². The highest BCUT2D eigenvalue weighted by Gasteiger charge is 2.34. The number of hydrogen-bond acceptors (Lipinski definition) is 6. The van der Waals surface area contributed by atoms with E-state index in [9.17, 15) is 17.6 Å². The minimum absolute atomic E-state index is 0.0395. The molecule has 3 rings (SSSR count). The molecule has 0 amide bonds. The first kappa shape index (κ1) is 22.4. The zero-order valence-corrected chi connectivity index (χ0v) is 18.2. The molecule has 1 aromatic heterocycles. The molecule has 1 saturated heterocycles. The second-order valence-corrected chi connectivity index (χ2v) is 8.98. The van der Waals surface area contributed by atoms with Gasteiger partial charge in [0.25, 0.3) is 0 Å². The maximum absolute atomic E-state index is 13.7. The van der Waals surface area contributed by atoms with Gasteiger partial charge in [-0.2, -0.15) is 9.40 Å². The first-order chi connectivity index (χ1) is 14.3. The van der Waals surface area contributed by atoms with Crippen LogP contribution in [0, 0.1) is 5.82 Å². The van der Waals surface area contributed by atoms with Gasteiger partial charge in [0.1, 0.15) is 22.3 Å². The topological polar surface area (TPSA) is 95.7 Å². The molecule has 1 aromatic carbocycles. The Bertz CT molecular complexity index is 1040. The van der Waals surface area contributed by atoms with Crippen LogP contribution in [-0.4, -0.2) is 61.0 Å². The predicted octanol–water partition coefficient (Wildman–Crippen LogP) is 1.43. The Hall–Kier alpha value is -2.24. The van der Waals surface area contributed by atoms with Crippen LogP contribution in [0.2, 0.25) is 0 Å². The van der Waals surface area contributed by atoms with E-state index in [0.29, 0.717) is 38.4 Å². The van der Waals surface area contributed by atoms with E-state index in [-0.39, 0.29) is 35.3 Å². The minimum atomic E-state index is -3.91. The van der Waals surface area contributed by atoms with E-state index < -0.39 is 15.8 Å². The van der Waals surface area contributed by atoms with Crippen molar-refractivity contribution >= 4 is 10.0 Å². The van der Waals surface area contributed by atoms with Crippen molar-refractivity contribution < 1.29 is 22.3 Å². The summed E-state index contributed by atoms with van der Waals surface area (Å²) in [5.41, 5.74) is -0.191. The molecule has 9 nitrogen and oxygen atoms in total. The van der Waals surface area contributed by atoms with Crippen molar-refractivity contribution in [3.63, 3.8) is 0 Å². The molecule has 0 radical (unpaired) electrons. The number of rotatable bonds is 8. The normalized spacial score (nSPS) is 16.1. The van der Waals surface area contributed by atoms with Gasteiger partial charge in [0.2, 0.25) is 10.0 Å². The highest BCUT2D eigenvalue weighted by atomic mass is 32.2. The number of sulfonamides is 1. The van der Waals surface area contributed by atoms with Gasteiger partial charge in [-0.3, -0.25) is 4.57 Å². The Morgan fingerprint density at radius 1 is 1.23 bits per heavy atom. The number of piperidine rings is 1. The molecule has 1 fully saturated rings. The Labute approximate surface area is 175 Å². The molecule has 2 heterocycles. The summed E-state index contributed by atoms with van der Waals surface area (Å²) in [5.74, 6) is 0.0920. The third kappa shape index (κ3) is 4.28. The molecule has 1 aliphatic rings. The van der Waals surface area contributed by atoms with E-state index in [2.05, 4.69) is 5.10 Å². The van der Waals surface area contributed by atoms with E-state index >= 15 is 0 Å². The molecule has 0 N–H and O–H groups in total. The molecule has 0 bridgehead atoms. The molecule has 0 unspecified atom stereocenters. The molecule has 166 valence electrons. The second kappa shape index (κ2) is 9.27. The van der Waals surface area contributed by atoms with E-state index in [1.54, 1.807) is 11.7 Å².